The van der Waals surface area contributed by atoms with Gasteiger partial charge in [0.1, 0.15) is 5.75 Å². The third-order valence-electron chi connectivity index (χ3n) is 1.98. The second kappa shape index (κ2) is 5.29. The smallest absolute Gasteiger partial charge is 0.227 e. The van der Waals surface area contributed by atoms with Crippen molar-refractivity contribution in [1.29, 1.82) is 0 Å². The molecule has 17 heavy (non-hydrogen) atoms. The zero-order chi connectivity index (χ0) is 12.3. The maximum atomic E-state index is 5.72. The van der Waals surface area contributed by atoms with Crippen LogP contribution in [0.15, 0.2) is 24.3 Å². The highest BCUT2D eigenvalue weighted by Gasteiger charge is 2.06. The molecule has 4 nitrogen and oxygen atoms in total. The molecule has 0 amide bonds. The van der Waals surface area contributed by atoms with Crippen LogP contribution in [-0.4, -0.2) is 21.6 Å². The van der Waals surface area contributed by atoms with E-state index in [0.29, 0.717) is 12.4 Å². The van der Waals surface area contributed by atoms with Crippen LogP contribution in [-0.2, 0) is 0 Å². The summed E-state index contributed by atoms with van der Waals surface area (Å²) in [5, 5.41) is 0.142. The standard InChI is InChI=1S/C11H9Cl2N3O/c1-2-17-8-5-3-4-7(6-8)9-14-10(12)16-11(13)15-9/h3-6H,2H2,1H3. The Balaban J connectivity index is 2.41. The van der Waals surface area contributed by atoms with Crippen molar-refractivity contribution in [3.05, 3.63) is 34.8 Å². The Hall–Kier alpha value is -1.39. The summed E-state index contributed by atoms with van der Waals surface area (Å²) in [5.74, 6) is 1.18. The van der Waals surface area contributed by atoms with Crippen molar-refractivity contribution in [2.24, 2.45) is 0 Å². The van der Waals surface area contributed by atoms with E-state index < -0.39 is 0 Å². The summed E-state index contributed by atoms with van der Waals surface area (Å²) in [4.78, 5) is 11.7. The van der Waals surface area contributed by atoms with Gasteiger partial charge in [-0.05, 0) is 42.3 Å². The van der Waals surface area contributed by atoms with Gasteiger partial charge in [0.25, 0.3) is 0 Å². The zero-order valence-corrected chi connectivity index (χ0v) is 10.5. The van der Waals surface area contributed by atoms with Crippen molar-refractivity contribution in [2.75, 3.05) is 6.61 Å². The van der Waals surface area contributed by atoms with E-state index in [0.717, 1.165) is 11.3 Å². The molecular formula is C11H9Cl2N3O. The Labute approximate surface area is 109 Å². The highest BCUT2D eigenvalue weighted by molar-refractivity contribution is 6.31. The molecule has 0 unspecified atom stereocenters. The second-order valence-electron chi connectivity index (χ2n) is 3.16. The van der Waals surface area contributed by atoms with Crippen molar-refractivity contribution in [3.8, 4) is 17.1 Å². The molecule has 1 aromatic heterocycles. The molecule has 1 aromatic carbocycles. The summed E-state index contributed by atoms with van der Waals surface area (Å²) < 4.78 is 5.39. The van der Waals surface area contributed by atoms with Gasteiger partial charge < -0.3 is 4.74 Å². The number of nitrogens with zero attached hydrogens (tertiary/aromatic N) is 3. The lowest BCUT2D eigenvalue weighted by molar-refractivity contribution is 0.340. The Bertz CT molecular complexity index is 514. The molecular weight excluding hydrogens is 261 g/mol. The third kappa shape index (κ3) is 3.05. The Morgan fingerprint density at radius 3 is 2.47 bits per heavy atom. The summed E-state index contributed by atoms with van der Waals surface area (Å²) in [6.45, 7) is 2.52. The van der Waals surface area contributed by atoms with Crippen LogP contribution in [0.4, 0.5) is 0 Å². The molecule has 0 fully saturated rings. The van der Waals surface area contributed by atoms with Crippen molar-refractivity contribution >= 4 is 23.2 Å². The first-order valence-corrected chi connectivity index (χ1v) is 5.75. The van der Waals surface area contributed by atoms with Crippen LogP contribution in [0.2, 0.25) is 10.6 Å². The van der Waals surface area contributed by atoms with E-state index in [1.165, 1.54) is 0 Å². The molecule has 0 bridgehead atoms. The van der Waals surface area contributed by atoms with E-state index in [2.05, 4.69) is 15.0 Å². The van der Waals surface area contributed by atoms with Gasteiger partial charge in [-0.15, -0.1) is 0 Å². The normalized spacial score (nSPS) is 10.3. The average Bonchev–Trinajstić information content (AvgIpc) is 2.28. The number of hydrogen-bond acceptors (Lipinski definition) is 4. The fourth-order valence-corrected chi connectivity index (χ4v) is 1.71. The fraction of sp³-hybridized carbons (Fsp3) is 0.182. The third-order valence-corrected chi connectivity index (χ3v) is 2.32. The highest BCUT2D eigenvalue weighted by Crippen LogP contribution is 2.22. The van der Waals surface area contributed by atoms with Gasteiger partial charge >= 0.3 is 0 Å². The van der Waals surface area contributed by atoms with Gasteiger partial charge in [-0.25, -0.2) is 0 Å². The lowest BCUT2D eigenvalue weighted by Crippen LogP contribution is -1.95. The van der Waals surface area contributed by atoms with E-state index in [1.807, 2.05) is 31.2 Å². The number of ether oxygens (including phenoxy) is 1. The minimum absolute atomic E-state index is 0.0711. The van der Waals surface area contributed by atoms with Crippen molar-refractivity contribution in [3.63, 3.8) is 0 Å². The average molecular weight is 270 g/mol. The van der Waals surface area contributed by atoms with Gasteiger partial charge in [0.05, 0.1) is 6.61 Å². The Morgan fingerprint density at radius 1 is 1.12 bits per heavy atom. The number of rotatable bonds is 3. The van der Waals surface area contributed by atoms with E-state index >= 15 is 0 Å². The predicted octanol–water partition coefficient (Wildman–Crippen LogP) is 3.24. The number of halogens is 2. The van der Waals surface area contributed by atoms with Gasteiger partial charge in [-0.3, -0.25) is 0 Å². The highest BCUT2D eigenvalue weighted by atomic mass is 35.5. The molecule has 0 N–H and O–H groups in total. The van der Waals surface area contributed by atoms with Gasteiger partial charge in [0, 0.05) is 5.56 Å². The monoisotopic (exact) mass is 269 g/mol. The molecule has 0 atom stereocenters. The molecule has 88 valence electrons. The fourth-order valence-electron chi connectivity index (χ4n) is 1.35. The van der Waals surface area contributed by atoms with Crippen molar-refractivity contribution in [1.82, 2.24) is 15.0 Å². The number of benzene rings is 1. The van der Waals surface area contributed by atoms with Crippen LogP contribution in [0.1, 0.15) is 6.92 Å². The molecule has 1 heterocycles. The zero-order valence-electron chi connectivity index (χ0n) is 9.02. The molecule has 2 rings (SSSR count). The van der Waals surface area contributed by atoms with Gasteiger partial charge in [0.2, 0.25) is 10.6 Å². The quantitative estimate of drug-likeness (QED) is 0.858. The summed E-state index contributed by atoms with van der Waals surface area (Å²) in [6.07, 6.45) is 0. The molecule has 0 saturated carbocycles. The van der Waals surface area contributed by atoms with Crippen LogP contribution < -0.4 is 4.74 Å². The van der Waals surface area contributed by atoms with Crippen molar-refractivity contribution < 1.29 is 4.74 Å². The van der Waals surface area contributed by atoms with E-state index in [4.69, 9.17) is 27.9 Å². The molecule has 0 aliphatic carbocycles. The van der Waals surface area contributed by atoms with E-state index in [-0.39, 0.29) is 10.6 Å². The molecule has 6 heteroatoms. The molecule has 0 aliphatic rings. The summed E-state index contributed by atoms with van der Waals surface area (Å²) in [6, 6.07) is 7.39. The minimum Gasteiger partial charge on any atom is -0.494 e. The summed E-state index contributed by atoms with van der Waals surface area (Å²) in [5.41, 5.74) is 0.780. The maximum absolute atomic E-state index is 5.72. The first kappa shape index (κ1) is 12.1. The largest absolute Gasteiger partial charge is 0.494 e. The van der Waals surface area contributed by atoms with Crippen LogP contribution >= 0.6 is 23.2 Å². The summed E-state index contributed by atoms with van der Waals surface area (Å²) in [7, 11) is 0. The van der Waals surface area contributed by atoms with E-state index in [9.17, 15) is 0 Å². The van der Waals surface area contributed by atoms with Crippen molar-refractivity contribution in [2.45, 2.75) is 6.92 Å². The molecule has 0 saturated heterocycles. The summed E-state index contributed by atoms with van der Waals surface area (Å²) >= 11 is 11.4. The minimum atomic E-state index is 0.0711. The molecule has 2 aromatic rings. The number of aromatic nitrogens is 3. The SMILES string of the molecule is CCOc1cccc(-c2nc(Cl)nc(Cl)n2)c1. The van der Waals surface area contributed by atoms with Crippen LogP contribution in [0.5, 0.6) is 5.75 Å². The Morgan fingerprint density at radius 2 is 1.82 bits per heavy atom. The molecule has 0 aliphatic heterocycles. The lowest BCUT2D eigenvalue weighted by Gasteiger charge is -2.05. The van der Waals surface area contributed by atoms with E-state index in [1.54, 1.807) is 0 Å². The predicted molar refractivity (Wildman–Crippen MR) is 66.5 cm³/mol. The molecule has 0 spiro atoms. The lowest BCUT2D eigenvalue weighted by atomic mass is 10.2. The maximum Gasteiger partial charge on any atom is 0.227 e. The van der Waals surface area contributed by atoms with Crippen LogP contribution in [0, 0.1) is 0 Å². The topological polar surface area (TPSA) is 47.9 Å². The second-order valence-corrected chi connectivity index (χ2v) is 3.83. The van der Waals surface area contributed by atoms with Gasteiger partial charge in [0.15, 0.2) is 5.82 Å². The number of hydrogen-bond donors (Lipinski definition) is 0. The van der Waals surface area contributed by atoms with Crippen LogP contribution in [0.3, 0.4) is 0 Å². The van der Waals surface area contributed by atoms with Gasteiger partial charge in [-0.1, -0.05) is 12.1 Å². The first-order chi connectivity index (χ1) is 8.19. The first-order valence-electron chi connectivity index (χ1n) is 4.99. The van der Waals surface area contributed by atoms with Gasteiger partial charge in [-0.2, -0.15) is 15.0 Å². The van der Waals surface area contributed by atoms with Crippen LogP contribution in [0.25, 0.3) is 11.4 Å². The molecule has 0 radical (unpaired) electrons. The Kier molecular flexibility index (Phi) is 3.76.